The quantitative estimate of drug-likeness (QED) is 0.782. The van der Waals surface area contributed by atoms with Crippen LogP contribution < -0.4 is 5.32 Å². The molecule has 21 heavy (non-hydrogen) atoms. The zero-order valence-corrected chi connectivity index (χ0v) is 11.1. The lowest BCUT2D eigenvalue weighted by atomic mass is 10.1. The molecule has 2 nitrogen and oxygen atoms in total. The monoisotopic (exact) mass is 314 g/mol. The fourth-order valence-corrected chi connectivity index (χ4v) is 1.87. The minimum atomic E-state index is -4.80. The number of hydrogen-bond acceptors (Lipinski definition) is 2. The number of nitriles is 1. The highest BCUT2D eigenvalue weighted by Crippen LogP contribution is 2.34. The van der Waals surface area contributed by atoms with Crippen LogP contribution in [0.5, 0.6) is 0 Å². The standard InChI is InChI=1S/C14H7ClF4N2/c15-9-2-1-8(7-20)13(5-9)21-10-3-4-12(16)11(6-10)14(17,18)19/h1-6,21H. The molecule has 7 heteroatoms. The minimum Gasteiger partial charge on any atom is -0.354 e. The summed E-state index contributed by atoms with van der Waals surface area (Å²) >= 11 is 5.78. The molecule has 0 atom stereocenters. The normalized spacial score (nSPS) is 11.0. The molecule has 0 fully saturated rings. The summed E-state index contributed by atoms with van der Waals surface area (Å²) in [6.45, 7) is 0. The van der Waals surface area contributed by atoms with E-state index in [1.807, 2.05) is 6.07 Å². The first-order valence-corrected chi connectivity index (χ1v) is 6.02. The first-order chi connectivity index (χ1) is 9.81. The van der Waals surface area contributed by atoms with E-state index in [0.717, 1.165) is 6.07 Å². The van der Waals surface area contributed by atoms with E-state index in [1.54, 1.807) is 0 Å². The summed E-state index contributed by atoms with van der Waals surface area (Å²) in [5, 5.41) is 11.9. The second-order valence-electron chi connectivity index (χ2n) is 4.12. The maximum atomic E-state index is 13.2. The van der Waals surface area contributed by atoms with Gasteiger partial charge in [-0.15, -0.1) is 0 Å². The Morgan fingerprint density at radius 1 is 1.10 bits per heavy atom. The lowest BCUT2D eigenvalue weighted by Gasteiger charge is -2.12. The van der Waals surface area contributed by atoms with Crippen molar-refractivity contribution in [2.24, 2.45) is 0 Å². The number of benzene rings is 2. The van der Waals surface area contributed by atoms with Gasteiger partial charge in [-0.1, -0.05) is 11.6 Å². The van der Waals surface area contributed by atoms with Crippen LogP contribution in [0.15, 0.2) is 36.4 Å². The van der Waals surface area contributed by atoms with Crippen LogP contribution in [0.2, 0.25) is 5.02 Å². The SMILES string of the molecule is N#Cc1ccc(Cl)cc1Nc1ccc(F)c(C(F)(F)F)c1. The van der Waals surface area contributed by atoms with E-state index in [1.165, 1.54) is 18.2 Å². The molecule has 0 amide bonds. The van der Waals surface area contributed by atoms with Crippen molar-refractivity contribution >= 4 is 23.0 Å². The summed E-state index contributed by atoms with van der Waals surface area (Å²) in [4.78, 5) is 0. The van der Waals surface area contributed by atoms with Crippen LogP contribution in [0.25, 0.3) is 0 Å². The number of nitrogens with zero attached hydrogens (tertiary/aromatic N) is 1. The molecule has 0 aliphatic carbocycles. The summed E-state index contributed by atoms with van der Waals surface area (Å²) in [6.07, 6.45) is -4.80. The second-order valence-corrected chi connectivity index (χ2v) is 4.56. The fraction of sp³-hybridized carbons (Fsp3) is 0.0714. The summed E-state index contributed by atoms with van der Waals surface area (Å²) < 4.78 is 51.1. The van der Waals surface area contributed by atoms with Gasteiger partial charge < -0.3 is 5.32 Å². The Morgan fingerprint density at radius 3 is 2.43 bits per heavy atom. The van der Waals surface area contributed by atoms with E-state index >= 15 is 0 Å². The van der Waals surface area contributed by atoms with Crippen LogP contribution in [0.4, 0.5) is 28.9 Å². The molecule has 2 aromatic carbocycles. The Labute approximate surface area is 122 Å². The maximum Gasteiger partial charge on any atom is 0.419 e. The fourth-order valence-electron chi connectivity index (χ4n) is 1.69. The third-order valence-electron chi connectivity index (χ3n) is 2.65. The molecule has 2 aromatic rings. The molecule has 0 saturated carbocycles. The van der Waals surface area contributed by atoms with Gasteiger partial charge in [0.2, 0.25) is 0 Å². The number of halogens is 5. The minimum absolute atomic E-state index is 0.00231. The van der Waals surface area contributed by atoms with E-state index in [2.05, 4.69) is 5.32 Å². The van der Waals surface area contributed by atoms with Gasteiger partial charge in [0.05, 0.1) is 16.8 Å². The van der Waals surface area contributed by atoms with Crippen LogP contribution in [0, 0.1) is 17.1 Å². The molecule has 0 aliphatic heterocycles. The summed E-state index contributed by atoms with van der Waals surface area (Å²) in [5.74, 6) is -1.36. The van der Waals surface area contributed by atoms with Gasteiger partial charge in [0.25, 0.3) is 0 Å². The van der Waals surface area contributed by atoms with Crippen molar-refractivity contribution in [2.45, 2.75) is 6.18 Å². The van der Waals surface area contributed by atoms with Gasteiger partial charge in [0, 0.05) is 10.7 Å². The molecule has 0 spiro atoms. The number of hydrogen-bond donors (Lipinski definition) is 1. The predicted molar refractivity (Wildman–Crippen MR) is 70.9 cm³/mol. The average molecular weight is 315 g/mol. The molecule has 0 unspecified atom stereocenters. The van der Waals surface area contributed by atoms with E-state index < -0.39 is 17.6 Å². The van der Waals surface area contributed by atoms with Gasteiger partial charge in [-0.05, 0) is 36.4 Å². The van der Waals surface area contributed by atoms with Crippen LogP contribution in [0.1, 0.15) is 11.1 Å². The van der Waals surface area contributed by atoms with Crippen molar-refractivity contribution in [2.75, 3.05) is 5.32 Å². The van der Waals surface area contributed by atoms with E-state index in [9.17, 15) is 17.6 Å². The van der Waals surface area contributed by atoms with Crippen molar-refractivity contribution in [3.63, 3.8) is 0 Å². The number of anilines is 2. The van der Waals surface area contributed by atoms with Gasteiger partial charge in [0.1, 0.15) is 11.9 Å². The van der Waals surface area contributed by atoms with E-state index in [4.69, 9.17) is 16.9 Å². The van der Waals surface area contributed by atoms with Crippen LogP contribution in [-0.4, -0.2) is 0 Å². The van der Waals surface area contributed by atoms with Gasteiger partial charge in [0.15, 0.2) is 0 Å². The Bertz CT molecular complexity index is 720. The van der Waals surface area contributed by atoms with Crippen molar-refractivity contribution in [1.82, 2.24) is 0 Å². The number of nitrogens with one attached hydrogen (secondary N) is 1. The Balaban J connectivity index is 2.42. The lowest BCUT2D eigenvalue weighted by molar-refractivity contribution is -0.139. The zero-order chi connectivity index (χ0) is 15.6. The smallest absolute Gasteiger partial charge is 0.354 e. The summed E-state index contributed by atoms with van der Waals surface area (Å²) in [6, 6.07) is 8.69. The molecular weight excluding hydrogens is 308 g/mol. The van der Waals surface area contributed by atoms with Gasteiger partial charge in [-0.3, -0.25) is 0 Å². The number of rotatable bonds is 2. The second kappa shape index (κ2) is 5.62. The summed E-state index contributed by atoms with van der Waals surface area (Å²) in [7, 11) is 0. The van der Waals surface area contributed by atoms with Crippen molar-refractivity contribution in [1.29, 1.82) is 5.26 Å². The largest absolute Gasteiger partial charge is 0.419 e. The molecule has 108 valence electrons. The maximum absolute atomic E-state index is 13.2. The van der Waals surface area contributed by atoms with E-state index in [-0.39, 0.29) is 16.9 Å². The highest BCUT2D eigenvalue weighted by atomic mass is 35.5. The van der Waals surface area contributed by atoms with Crippen molar-refractivity contribution in [3.8, 4) is 6.07 Å². The van der Waals surface area contributed by atoms with Crippen LogP contribution >= 0.6 is 11.6 Å². The lowest BCUT2D eigenvalue weighted by Crippen LogP contribution is -2.08. The molecule has 2 rings (SSSR count). The first kappa shape index (κ1) is 15.1. The molecule has 0 aromatic heterocycles. The van der Waals surface area contributed by atoms with Gasteiger partial charge in [-0.25, -0.2) is 4.39 Å². The Morgan fingerprint density at radius 2 is 1.81 bits per heavy atom. The van der Waals surface area contributed by atoms with E-state index in [0.29, 0.717) is 17.2 Å². The zero-order valence-electron chi connectivity index (χ0n) is 10.3. The third-order valence-corrected chi connectivity index (χ3v) is 2.89. The highest BCUT2D eigenvalue weighted by Gasteiger charge is 2.34. The topological polar surface area (TPSA) is 35.8 Å². The first-order valence-electron chi connectivity index (χ1n) is 5.64. The molecule has 0 saturated heterocycles. The number of alkyl halides is 3. The molecule has 0 bridgehead atoms. The van der Waals surface area contributed by atoms with Crippen LogP contribution in [0.3, 0.4) is 0 Å². The molecule has 0 radical (unpaired) electrons. The molecule has 0 heterocycles. The Kier molecular flexibility index (Phi) is 4.05. The predicted octanol–water partition coefficient (Wildman–Crippen LogP) is 5.11. The molecular formula is C14H7ClF4N2. The van der Waals surface area contributed by atoms with Crippen LogP contribution in [-0.2, 0) is 6.18 Å². The van der Waals surface area contributed by atoms with Gasteiger partial charge >= 0.3 is 6.18 Å². The average Bonchev–Trinajstić information content (AvgIpc) is 2.40. The van der Waals surface area contributed by atoms with Gasteiger partial charge in [-0.2, -0.15) is 18.4 Å². The highest BCUT2D eigenvalue weighted by molar-refractivity contribution is 6.30. The molecule has 1 N–H and O–H groups in total. The van der Waals surface area contributed by atoms with Crippen molar-refractivity contribution in [3.05, 3.63) is 58.4 Å². The third kappa shape index (κ3) is 3.44. The van der Waals surface area contributed by atoms with Crippen molar-refractivity contribution < 1.29 is 17.6 Å². The Hall–Kier alpha value is -2.26. The molecule has 0 aliphatic rings. The summed E-state index contributed by atoms with van der Waals surface area (Å²) in [5.41, 5.74) is -0.933.